The highest BCUT2D eigenvalue weighted by Gasteiger charge is 2.37. The fraction of sp³-hybridized carbons (Fsp3) is 0.818. The van der Waals surface area contributed by atoms with Crippen LogP contribution in [0.1, 0.15) is 46.5 Å². The molecule has 0 aromatic heterocycles. The van der Waals surface area contributed by atoms with Crippen LogP contribution in [0.25, 0.3) is 0 Å². The average Bonchev–Trinajstić information content (AvgIpc) is 2.15. The molecule has 1 atom stereocenters. The van der Waals surface area contributed by atoms with Crippen molar-refractivity contribution in [3.8, 4) is 0 Å². The number of ketones is 1. The van der Waals surface area contributed by atoms with E-state index < -0.39 is 11.5 Å². The first-order valence-electron chi connectivity index (χ1n) is 5.46. The van der Waals surface area contributed by atoms with Gasteiger partial charge in [0, 0.05) is 6.42 Å². The van der Waals surface area contributed by atoms with Gasteiger partial charge in [-0.05, 0) is 26.3 Å². The fourth-order valence-electron chi connectivity index (χ4n) is 1.54. The van der Waals surface area contributed by atoms with Crippen molar-refractivity contribution < 1.29 is 14.7 Å². The Morgan fingerprint density at radius 3 is 2.27 bits per heavy atom. The van der Waals surface area contributed by atoms with Crippen LogP contribution in [0.15, 0.2) is 0 Å². The zero-order valence-electron chi connectivity index (χ0n) is 9.80. The van der Waals surface area contributed by atoms with Gasteiger partial charge in [0.05, 0.1) is 0 Å². The number of carboxylic acids is 1. The van der Waals surface area contributed by atoms with Gasteiger partial charge in [0.25, 0.3) is 0 Å². The summed E-state index contributed by atoms with van der Waals surface area (Å²) in [5.74, 6) is -1.03. The summed E-state index contributed by atoms with van der Waals surface area (Å²) >= 11 is 0. The third-order valence-corrected chi connectivity index (χ3v) is 2.56. The van der Waals surface area contributed by atoms with Gasteiger partial charge in [-0.15, -0.1) is 0 Å². The Hall–Kier alpha value is -0.900. The van der Waals surface area contributed by atoms with Gasteiger partial charge in [0.15, 0.2) is 0 Å². The van der Waals surface area contributed by atoms with Crippen molar-refractivity contribution >= 4 is 11.8 Å². The molecule has 0 saturated carbocycles. The quantitative estimate of drug-likeness (QED) is 0.603. The van der Waals surface area contributed by atoms with Gasteiger partial charge in [-0.1, -0.05) is 20.3 Å². The molecule has 0 rings (SSSR count). The molecule has 1 unspecified atom stereocenters. The minimum absolute atomic E-state index is 0.0581. The zero-order chi connectivity index (χ0) is 11.9. The lowest BCUT2D eigenvalue weighted by Gasteiger charge is -2.28. The Morgan fingerprint density at radius 2 is 1.93 bits per heavy atom. The smallest absolute Gasteiger partial charge is 0.324 e. The lowest BCUT2D eigenvalue weighted by molar-refractivity contribution is -0.147. The van der Waals surface area contributed by atoms with Crippen LogP contribution < -0.4 is 5.32 Å². The van der Waals surface area contributed by atoms with Crippen molar-refractivity contribution in [1.29, 1.82) is 0 Å². The molecule has 15 heavy (non-hydrogen) atoms. The number of unbranched alkanes of at least 4 members (excludes halogenated alkanes) is 1. The summed E-state index contributed by atoms with van der Waals surface area (Å²) in [6.45, 7) is 5.90. The van der Waals surface area contributed by atoms with Gasteiger partial charge in [0.1, 0.15) is 11.3 Å². The predicted molar refractivity (Wildman–Crippen MR) is 58.9 cm³/mol. The summed E-state index contributed by atoms with van der Waals surface area (Å²) in [6, 6.07) is 0. The molecular formula is C11H21NO3. The van der Waals surface area contributed by atoms with Crippen LogP contribution in [0.3, 0.4) is 0 Å². The fourth-order valence-corrected chi connectivity index (χ4v) is 1.54. The Balaban J connectivity index is 4.51. The molecule has 0 bridgehead atoms. The normalized spacial score (nSPS) is 14.6. The monoisotopic (exact) mass is 215 g/mol. The van der Waals surface area contributed by atoms with Crippen LogP contribution in [-0.4, -0.2) is 28.9 Å². The van der Waals surface area contributed by atoms with Crippen molar-refractivity contribution in [3.05, 3.63) is 0 Å². The molecule has 0 fully saturated rings. The van der Waals surface area contributed by atoms with Crippen molar-refractivity contribution in [1.82, 2.24) is 5.32 Å². The molecule has 0 aliphatic carbocycles. The topological polar surface area (TPSA) is 66.4 Å². The van der Waals surface area contributed by atoms with Gasteiger partial charge < -0.3 is 10.4 Å². The van der Waals surface area contributed by atoms with Gasteiger partial charge in [-0.3, -0.25) is 9.59 Å². The number of carbonyl (C=O) groups excluding carboxylic acids is 1. The number of rotatable bonds is 8. The number of Topliss-reactive ketones (excluding diaryl/α,β-unsaturated/α-hetero) is 1. The number of hydrogen-bond donors (Lipinski definition) is 2. The van der Waals surface area contributed by atoms with E-state index in [2.05, 4.69) is 5.32 Å². The van der Waals surface area contributed by atoms with E-state index in [1.807, 2.05) is 6.92 Å². The lowest BCUT2D eigenvalue weighted by atomic mass is 9.90. The SMILES string of the molecule is CCCCNC(CC)(CC(C)=O)C(=O)O. The molecule has 0 aliphatic heterocycles. The highest BCUT2D eigenvalue weighted by Crippen LogP contribution is 2.16. The van der Waals surface area contributed by atoms with E-state index >= 15 is 0 Å². The number of carbonyl (C=O) groups is 2. The van der Waals surface area contributed by atoms with Crippen LogP contribution in [-0.2, 0) is 9.59 Å². The molecule has 4 nitrogen and oxygen atoms in total. The first-order valence-corrected chi connectivity index (χ1v) is 5.46. The first kappa shape index (κ1) is 14.1. The molecule has 0 amide bonds. The van der Waals surface area contributed by atoms with E-state index in [0.29, 0.717) is 13.0 Å². The van der Waals surface area contributed by atoms with Crippen LogP contribution in [0.4, 0.5) is 0 Å². The number of carboxylic acid groups (broad SMARTS) is 1. The van der Waals surface area contributed by atoms with Gasteiger partial charge in [-0.25, -0.2) is 0 Å². The van der Waals surface area contributed by atoms with Crippen LogP contribution in [0.5, 0.6) is 0 Å². The first-order chi connectivity index (χ1) is 6.98. The minimum atomic E-state index is -1.07. The second-order valence-electron chi connectivity index (χ2n) is 3.90. The highest BCUT2D eigenvalue weighted by molar-refractivity contribution is 5.87. The van der Waals surface area contributed by atoms with E-state index in [9.17, 15) is 9.59 Å². The summed E-state index contributed by atoms with van der Waals surface area (Å²) < 4.78 is 0. The van der Waals surface area contributed by atoms with Crippen LogP contribution in [0, 0.1) is 0 Å². The summed E-state index contributed by atoms with van der Waals surface area (Å²) in [7, 11) is 0. The summed E-state index contributed by atoms with van der Waals surface area (Å²) in [5, 5.41) is 12.2. The van der Waals surface area contributed by atoms with E-state index in [1.54, 1.807) is 6.92 Å². The zero-order valence-corrected chi connectivity index (χ0v) is 9.80. The maximum absolute atomic E-state index is 11.2. The summed E-state index contributed by atoms with van der Waals surface area (Å²) in [6.07, 6.45) is 2.41. The van der Waals surface area contributed by atoms with Crippen molar-refractivity contribution in [2.75, 3.05) is 6.54 Å². The molecule has 0 spiro atoms. The van der Waals surface area contributed by atoms with Crippen molar-refractivity contribution in [2.24, 2.45) is 0 Å². The molecule has 4 heteroatoms. The molecule has 0 aliphatic rings. The molecular weight excluding hydrogens is 194 g/mol. The number of nitrogens with one attached hydrogen (secondary N) is 1. The molecule has 0 saturated heterocycles. The Morgan fingerprint density at radius 1 is 1.33 bits per heavy atom. The largest absolute Gasteiger partial charge is 0.480 e. The predicted octanol–water partition coefficient (Wildman–Crippen LogP) is 1.59. The molecule has 88 valence electrons. The third kappa shape index (κ3) is 4.42. The third-order valence-electron chi connectivity index (χ3n) is 2.56. The minimum Gasteiger partial charge on any atom is -0.480 e. The van der Waals surface area contributed by atoms with Crippen molar-refractivity contribution in [3.63, 3.8) is 0 Å². The van der Waals surface area contributed by atoms with Crippen LogP contribution >= 0.6 is 0 Å². The molecule has 0 aromatic carbocycles. The average molecular weight is 215 g/mol. The van der Waals surface area contributed by atoms with Crippen LogP contribution in [0.2, 0.25) is 0 Å². The number of hydrogen-bond acceptors (Lipinski definition) is 3. The van der Waals surface area contributed by atoms with Crippen molar-refractivity contribution in [2.45, 2.75) is 52.0 Å². The van der Waals surface area contributed by atoms with E-state index in [1.165, 1.54) is 6.92 Å². The van der Waals surface area contributed by atoms with E-state index in [0.717, 1.165) is 12.8 Å². The van der Waals surface area contributed by atoms with Gasteiger partial charge >= 0.3 is 5.97 Å². The number of aliphatic carboxylic acids is 1. The standard InChI is InChI=1S/C11H21NO3/c1-4-6-7-12-11(5-2,10(14)15)8-9(3)13/h12H,4-8H2,1-3H3,(H,14,15). The Bertz CT molecular complexity index is 228. The maximum Gasteiger partial charge on any atom is 0.324 e. The second kappa shape index (κ2) is 6.56. The molecule has 2 N–H and O–H groups in total. The maximum atomic E-state index is 11.2. The Kier molecular flexibility index (Phi) is 6.17. The van der Waals surface area contributed by atoms with Gasteiger partial charge in [0.2, 0.25) is 0 Å². The van der Waals surface area contributed by atoms with E-state index in [4.69, 9.17) is 5.11 Å². The molecule has 0 aromatic rings. The summed E-state index contributed by atoms with van der Waals surface area (Å²) in [5.41, 5.74) is -1.07. The Labute approximate surface area is 91.1 Å². The lowest BCUT2D eigenvalue weighted by Crippen LogP contribution is -2.53. The van der Waals surface area contributed by atoms with E-state index in [-0.39, 0.29) is 12.2 Å². The molecule has 0 radical (unpaired) electrons. The van der Waals surface area contributed by atoms with Gasteiger partial charge in [-0.2, -0.15) is 0 Å². The highest BCUT2D eigenvalue weighted by atomic mass is 16.4. The second-order valence-corrected chi connectivity index (χ2v) is 3.90. The molecule has 0 heterocycles. The summed E-state index contributed by atoms with van der Waals surface area (Å²) in [4.78, 5) is 22.2.